The molecule has 0 nitrogen and oxygen atoms in total. The number of hydrogen-bond donors (Lipinski definition) is 0. The predicted molar refractivity (Wildman–Crippen MR) is 198 cm³/mol. The van der Waals surface area contributed by atoms with Gasteiger partial charge in [-0.05, 0) is 90.1 Å². The second-order valence-electron chi connectivity index (χ2n) is 17.7. The number of fused-ring (bicyclic) bond motifs is 3. The molecule has 0 aliphatic heterocycles. The normalized spacial score (nSPS) is 22.7. The van der Waals surface area contributed by atoms with E-state index in [1.807, 2.05) is 6.07 Å². The van der Waals surface area contributed by atoms with Gasteiger partial charge in [-0.25, -0.2) is 6.07 Å². The molecule has 0 atom stereocenters. The molecule has 4 aromatic rings. The molecule has 9 rings (SSSR count). The Hall–Kier alpha value is -1.66. The molecule has 0 aromatic heterocycles. The van der Waals surface area contributed by atoms with Gasteiger partial charge < -0.3 is 24.8 Å². The molecule has 4 fully saturated rings. The van der Waals surface area contributed by atoms with Crippen LogP contribution in [0.2, 0.25) is 0 Å². The zero-order chi connectivity index (χ0) is 33.6. The Morgan fingerprint density at radius 1 is 0.776 bits per heavy atom. The van der Waals surface area contributed by atoms with E-state index in [4.69, 9.17) is 0 Å². The van der Waals surface area contributed by atoms with Crippen LogP contribution >= 0.6 is 0 Å². The maximum atomic E-state index is 3.67. The first-order valence-corrected chi connectivity index (χ1v) is 19.6. The van der Waals surface area contributed by atoms with Crippen molar-refractivity contribution in [2.24, 2.45) is 23.2 Å². The molecule has 260 valence electrons. The zero-order valence-electron chi connectivity index (χ0n) is 31.2. The van der Waals surface area contributed by atoms with Crippen LogP contribution in [0.25, 0.3) is 11.1 Å². The molecule has 0 heterocycles. The third kappa shape index (κ3) is 9.42. The summed E-state index contributed by atoms with van der Waals surface area (Å²) in [6.45, 7) is 18.2. The molecule has 5 aliphatic carbocycles. The van der Waals surface area contributed by atoms with Crippen molar-refractivity contribution in [1.82, 2.24) is 0 Å². The van der Waals surface area contributed by atoms with Crippen LogP contribution in [0.5, 0.6) is 0 Å². The van der Waals surface area contributed by atoms with Crippen molar-refractivity contribution in [3.63, 3.8) is 0 Å². The first kappa shape index (κ1) is 40.1. The van der Waals surface area contributed by atoms with Gasteiger partial charge in [-0.1, -0.05) is 85.6 Å². The SMILES string of the molecule is CC(C)(C)c1[c-]c2c(cc1)-c1ccc(C(C)(C)C)cc1C2.Cc1cc(CC23CC4CC(CC(C4)C2)C3)c(C)[cH-]1.[Cl-].[Cl-].[Zr+2]=[CH]c1ccccc1. The average Bonchev–Trinajstić information content (AvgIpc) is 3.53. The molecular weight excluding hydrogens is 715 g/mol. The Labute approximate surface area is 325 Å². The van der Waals surface area contributed by atoms with E-state index in [1.54, 1.807) is 49.7 Å². The second kappa shape index (κ2) is 15.9. The zero-order valence-corrected chi connectivity index (χ0v) is 35.1. The van der Waals surface area contributed by atoms with Crippen molar-refractivity contribution in [3.05, 3.63) is 123 Å². The van der Waals surface area contributed by atoms with Crippen molar-refractivity contribution >= 4 is 3.71 Å². The average molecular weight is 771 g/mol. The second-order valence-corrected chi connectivity index (χ2v) is 18.4. The van der Waals surface area contributed by atoms with Crippen LogP contribution in [0.15, 0.2) is 72.8 Å². The Balaban J connectivity index is 0.000000176. The van der Waals surface area contributed by atoms with Crippen molar-refractivity contribution in [3.8, 4) is 11.1 Å². The van der Waals surface area contributed by atoms with Gasteiger partial charge in [-0.15, -0.1) is 11.1 Å². The number of hydrogen-bond acceptors (Lipinski definition) is 0. The van der Waals surface area contributed by atoms with Gasteiger partial charge in [0.05, 0.1) is 0 Å². The van der Waals surface area contributed by atoms with Crippen LogP contribution in [-0.4, -0.2) is 3.71 Å². The summed E-state index contributed by atoms with van der Waals surface area (Å²) < 4.78 is 2.17. The fourth-order valence-corrected chi connectivity index (χ4v) is 10.0. The van der Waals surface area contributed by atoms with E-state index in [0.717, 1.165) is 24.2 Å². The van der Waals surface area contributed by atoms with E-state index >= 15 is 0 Å². The molecule has 0 spiro atoms. The Morgan fingerprint density at radius 3 is 1.86 bits per heavy atom. The number of halogens is 2. The molecule has 0 unspecified atom stereocenters. The van der Waals surface area contributed by atoms with Gasteiger partial charge in [-0.3, -0.25) is 0 Å². The van der Waals surface area contributed by atoms with Crippen LogP contribution in [0.3, 0.4) is 0 Å². The van der Waals surface area contributed by atoms with Gasteiger partial charge in [0.15, 0.2) is 0 Å². The molecule has 0 N–H and O–H groups in total. The van der Waals surface area contributed by atoms with Crippen LogP contribution in [0.4, 0.5) is 0 Å². The van der Waals surface area contributed by atoms with E-state index in [9.17, 15) is 0 Å². The molecule has 0 amide bonds. The topological polar surface area (TPSA) is 0 Å². The Kier molecular flexibility index (Phi) is 13.0. The number of aryl methyl sites for hydroxylation is 2. The predicted octanol–water partition coefficient (Wildman–Crippen LogP) is 5.83. The van der Waals surface area contributed by atoms with Crippen molar-refractivity contribution in [2.75, 3.05) is 0 Å². The van der Waals surface area contributed by atoms with Crippen LogP contribution in [0, 0.1) is 43.1 Å². The van der Waals surface area contributed by atoms with Gasteiger partial charge in [0.1, 0.15) is 0 Å². The van der Waals surface area contributed by atoms with Crippen LogP contribution < -0.4 is 24.8 Å². The minimum absolute atomic E-state index is 0. The summed E-state index contributed by atoms with van der Waals surface area (Å²) in [6, 6.07) is 30.3. The van der Waals surface area contributed by atoms with E-state index in [0.29, 0.717) is 5.41 Å². The van der Waals surface area contributed by atoms with E-state index in [1.165, 1.54) is 75.2 Å². The summed E-state index contributed by atoms with van der Waals surface area (Å²) in [5.41, 5.74) is 15.4. The molecule has 0 saturated heterocycles. The number of benzene rings is 3. The molecule has 5 aliphatic rings. The van der Waals surface area contributed by atoms with Crippen LogP contribution in [0.1, 0.15) is 125 Å². The van der Waals surface area contributed by atoms with E-state index in [2.05, 4.69) is 132 Å². The summed E-state index contributed by atoms with van der Waals surface area (Å²) in [7, 11) is 0. The summed E-state index contributed by atoms with van der Waals surface area (Å²) in [4.78, 5) is 0. The fraction of sp³-hybridized carbons (Fsp3) is 0.478. The summed E-state index contributed by atoms with van der Waals surface area (Å²) >= 11 is 1.46. The standard InChI is InChI=1S/C21H25.C18H25.C7H6.2ClH.Zr/c1-20(2,3)16-7-9-18-14(12-16)11-15-13-17(21(4,5)6)8-10-19(15)18;1-12-3-13(2)17(4-12)11-18-8-14-5-15(9-18)7-16(6-14)10-18;1-7-5-3-2-4-6-7;;;/h7-10,12H,11H2,1-6H3;3-4,14-16H,5-11H2,1-2H3;1-6H;2*1H;/q2*-1;;;;+2/p-2. The molecular formula is C46H56Cl2Zr-2. The van der Waals surface area contributed by atoms with Crippen molar-refractivity contribution < 1.29 is 49.0 Å². The summed E-state index contributed by atoms with van der Waals surface area (Å²) in [5.74, 6) is 3.27. The van der Waals surface area contributed by atoms with Gasteiger partial charge in [-0.2, -0.15) is 46.5 Å². The summed E-state index contributed by atoms with van der Waals surface area (Å²) in [6.07, 6.45) is 11.7. The Morgan fingerprint density at radius 2 is 1.37 bits per heavy atom. The van der Waals surface area contributed by atoms with Gasteiger partial charge in [0.25, 0.3) is 0 Å². The van der Waals surface area contributed by atoms with E-state index in [-0.39, 0.29) is 35.6 Å². The van der Waals surface area contributed by atoms with Gasteiger partial charge in [0.2, 0.25) is 0 Å². The molecule has 4 bridgehead atoms. The monoisotopic (exact) mass is 768 g/mol. The van der Waals surface area contributed by atoms with Crippen molar-refractivity contribution in [2.45, 2.75) is 118 Å². The van der Waals surface area contributed by atoms with Gasteiger partial charge >= 0.3 is 63.8 Å². The third-order valence-electron chi connectivity index (χ3n) is 11.5. The quantitative estimate of drug-likeness (QED) is 0.203. The number of rotatable bonds is 3. The fourth-order valence-electron chi connectivity index (χ4n) is 9.54. The molecule has 3 heteroatoms. The first-order chi connectivity index (χ1) is 22.2. The van der Waals surface area contributed by atoms with Crippen molar-refractivity contribution in [1.29, 1.82) is 0 Å². The molecule has 49 heavy (non-hydrogen) atoms. The van der Waals surface area contributed by atoms with Gasteiger partial charge in [0, 0.05) is 0 Å². The molecule has 0 radical (unpaired) electrons. The molecule has 4 saturated carbocycles. The summed E-state index contributed by atoms with van der Waals surface area (Å²) in [5, 5.41) is 0. The maximum absolute atomic E-state index is 3.67. The Bertz CT molecular complexity index is 1620. The molecule has 4 aromatic carbocycles. The van der Waals surface area contributed by atoms with Crippen LogP contribution in [-0.2, 0) is 47.9 Å². The minimum atomic E-state index is 0. The first-order valence-electron chi connectivity index (χ1n) is 18.2. The third-order valence-corrected chi connectivity index (χ3v) is 12.3. The van der Waals surface area contributed by atoms with E-state index < -0.39 is 0 Å².